The largest absolute Gasteiger partial charge is 0.497 e. The Bertz CT molecular complexity index is 673. The monoisotopic (exact) mass is 309 g/mol. The van der Waals surface area contributed by atoms with Crippen LogP contribution in [0, 0.1) is 11.3 Å². The fraction of sp³-hybridized carbons (Fsp3) is 0.222. The zero-order chi connectivity index (χ0) is 16.5. The number of aliphatic imine (C=N–C) groups is 1. The number of nitrogens with zero attached hydrogens (tertiary/aromatic N) is 3. The Labute approximate surface area is 136 Å². The van der Waals surface area contributed by atoms with Crippen LogP contribution < -0.4 is 14.4 Å². The quantitative estimate of drug-likeness (QED) is 0.874. The van der Waals surface area contributed by atoms with Gasteiger partial charge in [0.1, 0.15) is 11.5 Å². The van der Waals surface area contributed by atoms with Gasteiger partial charge in [0.2, 0.25) is 0 Å². The lowest BCUT2D eigenvalue weighted by molar-refractivity contribution is 0.414. The molecule has 0 radical (unpaired) electrons. The lowest BCUT2D eigenvalue weighted by Crippen LogP contribution is -2.17. The van der Waals surface area contributed by atoms with Crippen molar-refractivity contribution in [2.75, 3.05) is 32.2 Å². The summed E-state index contributed by atoms with van der Waals surface area (Å²) in [6.45, 7) is 1.87. The second kappa shape index (κ2) is 8.44. The minimum absolute atomic E-state index is 0.654. The normalized spacial score (nSPS) is 12.1. The highest BCUT2D eigenvalue weighted by Gasteiger charge is 2.06. The third-order valence-corrected chi connectivity index (χ3v) is 3.31. The van der Waals surface area contributed by atoms with Gasteiger partial charge in [-0.1, -0.05) is 0 Å². The van der Waals surface area contributed by atoms with Gasteiger partial charge in [0.15, 0.2) is 0 Å². The van der Waals surface area contributed by atoms with E-state index in [1.807, 2.05) is 36.7 Å². The van der Waals surface area contributed by atoms with E-state index in [0.29, 0.717) is 5.56 Å². The standard InChI is InChI=1S/C10H12N2O.C8H7NO/c1-13-10-4-2-9(3-5-10)12-7-6-11-8-12;1-10-8-4-2-7(6-9)3-5-8/h2-5,8H,6-7H2,1H3;2-5H,1H3. The minimum atomic E-state index is 0.654. The van der Waals surface area contributed by atoms with Crippen molar-refractivity contribution >= 4 is 12.0 Å². The van der Waals surface area contributed by atoms with Gasteiger partial charge in [0.05, 0.1) is 38.7 Å². The van der Waals surface area contributed by atoms with Crippen LogP contribution in [0.15, 0.2) is 53.5 Å². The molecular weight excluding hydrogens is 290 g/mol. The van der Waals surface area contributed by atoms with E-state index < -0.39 is 0 Å². The number of rotatable bonds is 3. The van der Waals surface area contributed by atoms with Crippen LogP contribution in [0.3, 0.4) is 0 Å². The van der Waals surface area contributed by atoms with Gasteiger partial charge in [-0.2, -0.15) is 5.26 Å². The minimum Gasteiger partial charge on any atom is -0.497 e. The Kier molecular flexibility index (Phi) is 6.01. The lowest BCUT2D eigenvalue weighted by atomic mass is 10.2. The van der Waals surface area contributed by atoms with E-state index in [1.165, 1.54) is 5.69 Å². The molecule has 0 unspecified atom stereocenters. The lowest BCUT2D eigenvalue weighted by Gasteiger charge is -2.13. The Hall–Kier alpha value is -3.00. The molecule has 0 saturated carbocycles. The number of hydrogen-bond donors (Lipinski definition) is 0. The summed E-state index contributed by atoms with van der Waals surface area (Å²) in [5.41, 5.74) is 1.82. The highest BCUT2D eigenvalue weighted by atomic mass is 16.5. The maximum atomic E-state index is 8.41. The number of anilines is 1. The summed E-state index contributed by atoms with van der Waals surface area (Å²) in [6, 6.07) is 17.0. The molecule has 0 aliphatic carbocycles. The first-order chi connectivity index (χ1) is 11.3. The Morgan fingerprint density at radius 1 is 0.957 bits per heavy atom. The molecule has 0 spiro atoms. The molecular formula is C18H19N3O2. The molecule has 5 nitrogen and oxygen atoms in total. The summed E-state index contributed by atoms with van der Waals surface area (Å²) in [6.07, 6.45) is 1.88. The van der Waals surface area contributed by atoms with Crippen LogP contribution in [0.1, 0.15) is 5.56 Å². The highest BCUT2D eigenvalue weighted by molar-refractivity contribution is 5.80. The third kappa shape index (κ3) is 4.75. The van der Waals surface area contributed by atoms with Crippen molar-refractivity contribution in [3.8, 4) is 17.6 Å². The van der Waals surface area contributed by atoms with Crippen molar-refractivity contribution in [2.24, 2.45) is 4.99 Å². The second-order valence-electron chi connectivity index (χ2n) is 4.75. The zero-order valence-electron chi connectivity index (χ0n) is 13.3. The van der Waals surface area contributed by atoms with Crippen molar-refractivity contribution < 1.29 is 9.47 Å². The predicted octanol–water partition coefficient (Wildman–Crippen LogP) is 3.11. The smallest absolute Gasteiger partial charge is 0.119 e. The van der Waals surface area contributed by atoms with Crippen LogP contribution in [-0.2, 0) is 0 Å². The van der Waals surface area contributed by atoms with Gasteiger partial charge in [-0.3, -0.25) is 4.99 Å². The van der Waals surface area contributed by atoms with E-state index >= 15 is 0 Å². The first kappa shape index (κ1) is 16.4. The van der Waals surface area contributed by atoms with Gasteiger partial charge >= 0.3 is 0 Å². The molecule has 118 valence electrons. The van der Waals surface area contributed by atoms with Crippen LogP contribution in [0.4, 0.5) is 5.69 Å². The van der Waals surface area contributed by atoms with Crippen molar-refractivity contribution in [2.45, 2.75) is 0 Å². The summed E-state index contributed by atoms with van der Waals surface area (Å²) >= 11 is 0. The third-order valence-electron chi connectivity index (χ3n) is 3.31. The summed E-state index contributed by atoms with van der Waals surface area (Å²) < 4.78 is 9.98. The van der Waals surface area contributed by atoms with E-state index in [0.717, 1.165) is 24.6 Å². The molecule has 1 heterocycles. The molecule has 1 aliphatic heterocycles. The zero-order valence-corrected chi connectivity index (χ0v) is 13.3. The molecule has 1 aliphatic rings. The summed E-state index contributed by atoms with van der Waals surface area (Å²) in [5.74, 6) is 1.67. The van der Waals surface area contributed by atoms with Gasteiger partial charge in [-0.15, -0.1) is 0 Å². The van der Waals surface area contributed by atoms with E-state index in [9.17, 15) is 0 Å². The maximum Gasteiger partial charge on any atom is 0.119 e. The van der Waals surface area contributed by atoms with Gasteiger partial charge < -0.3 is 14.4 Å². The molecule has 0 amide bonds. The molecule has 0 N–H and O–H groups in total. The number of benzene rings is 2. The summed E-state index contributed by atoms with van der Waals surface area (Å²) in [5, 5.41) is 8.41. The summed E-state index contributed by atoms with van der Waals surface area (Å²) in [4.78, 5) is 6.28. The maximum absolute atomic E-state index is 8.41. The van der Waals surface area contributed by atoms with Crippen molar-refractivity contribution in [1.29, 1.82) is 5.26 Å². The van der Waals surface area contributed by atoms with Crippen molar-refractivity contribution in [3.63, 3.8) is 0 Å². The number of hydrogen-bond acceptors (Lipinski definition) is 5. The fourth-order valence-corrected chi connectivity index (χ4v) is 2.01. The van der Waals surface area contributed by atoms with Crippen LogP contribution >= 0.6 is 0 Å². The fourth-order valence-electron chi connectivity index (χ4n) is 2.01. The molecule has 0 fully saturated rings. The molecule has 3 rings (SSSR count). The summed E-state index contributed by atoms with van der Waals surface area (Å²) in [7, 11) is 3.27. The Morgan fingerprint density at radius 3 is 1.96 bits per heavy atom. The number of ether oxygens (including phenoxy) is 2. The first-order valence-electron chi connectivity index (χ1n) is 7.21. The molecule has 2 aromatic carbocycles. The second-order valence-corrected chi connectivity index (χ2v) is 4.75. The molecule has 23 heavy (non-hydrogen) atoms. The van der Waals surface area contributed by atoms with Crippen LogP contribution in [-0.4, -0.2) is 33.6 Å². The van der Waals surface area contributed by atoms with Gasteiger partial charge in [-0.05, 0) is 48.5 Å². The first-order valence-corrected chi connectivity index (χ1v) is 7.21. The van der Waals surface area contributed by atoms with Crippen LogP contribution in [0.25, 0.3) is 0 Å². The van der Waals surface area contributed by atoms with Crippen molar-refractivity contribution in [3.05, 3.63) is 54.1 Å². The van der Waals surface area contributed by atoms with Crippen LogP contribution in [0.2, 0.25) is 0 Å². The average Bonchev–Trinajstić information content (AvgIpc) is 3.17. The van der Waals surface area contributed by atoms with Crippen molar-refractivity contribution in [1.82, 2.24) is 0 Å². The highest BCUT2D eigenvalue weighted by Crippen LogP contribution is 2.19. The molecule has 2 aromatic rings. The number of nitriles is 1. The van der Waals surface area contributed by atoms with E-state index in [1.54, 1.807) is 38.5 Å². The SMILES string of the molecule is COc1ccc(C#N)cc1.COc1ccc(N2C=NCC2)cc1. The average molecular weight is 309 g/mol. The van der Waals surface area contributed by atoms with E-state index in [4.69, 9.17) is 14.7 Å². The van der Waals surface area contributed by atoms with Gasteiger partial charge in [0, 0.05) is 12.2 Å². The van der Waals surface area contributed by atoms with E-state index in [2.05, 4.69) is 9.89 Å². The molecule has 0 atom stereocenters. The molecule has 0 aromatic heterocycles. The van der Waals surface area contributed by atoms with E-state index in [-0.39, 0.29) is 0 Å². The topological polar surface area (TPSA) is 57.9 Å². The molecule has 5 heteroatoms. The molecule has 0 saturated heterocycles. The number of methoxy groups -OCH3 is 2. The molecule has 0 bridgehead atoms. The van der Waals surface area contributed by atoms with Gasteiger partial charge in [-0.25, -0.2) is 0 Å². The Morgan fingerprint density at radius 2 is 1.52 bits per heavy atom. The Balaban J connectivity index is 0.000000174. The predicted molar refractivity (Wildman–Crippen MR) is 91.4 cm³/mol. The van der Waals surface area contributed by atoms with Gasteiger partial charge in [0.25, 0.3) is 0 Å². The van der Waals surface area contributed by atoms with Crippen LogP contribution in [0.5, 0.6) is 11.5 Å².